The minimum Gasteiger partial charge on any atom is -0.457 e. The van der Waals surface area contributed by atoms with Crippen LogP contribution < -0.4 is 0 Å². The number of rotatable bonds is 2. The van der Waals surface area contributed by atoms with Crippen molar-refractivity contribution in [2.75, 3.05) is 26.2 Å². The lowest BCUT2D eigenvalue weighted by Crippen LogP contribution is -2.49. The van der Waals surface area contributed by atoms with E-state index in [1.165, 1.54) is 11.8 Å². The second-order valence-corrected chi connectivity index (χ2v) is 8.44. The van der Waals surface area contributed by atoms with Crippen molar-refractivity contribution in [3.8, 4) is 11.3 Å². The predicted molar refractivity (Wildman–Crippen MR) is 114 cm³/mol. The highest BCUT2D eigenvalue weighted by atomic mass is 79.9. The van der Waals surface area contributed by atoms with Crippen LogP contribution in [0.25, 0.3) is 17.4 Å². The van der Waals surface area contributed by atoms with E-state index in [-0.39, 0.29) is 11.8 Å². The molecule has 0 spiro atoms. The van der Waals surface area contributed by atoms with Gasteiger partial charge in [0.2, 0.25) is 5.91 Å². The van der Waals surface area contributed by atoms with Gasteiger partial charge in [0.25, 0.3) is 5.91 Å². The van der Waals surface area contributed by atoms with Gasteiger partial charge in [-0.25, -0.2) is 0 Å². The van der Waals surface area contributed by atoms with Crippen LogP contribution in [-0.2, 0) is 9.59 Å². The fraction of sp³-hybridized carbons (Fsp3) is 0.250. The number of benzene rings is 1. The van der Waals surface area contributed by atoms with Gasteiger partial charge in [0.15, 0.2) is 5.17 Å². The van der Waals surface area contributed by atoms with E-state index in [0.29, 0.717) is 42.0 Å². The summed E-state index contributed by atoms with van der Waals surface area (Å²) < 4.78 is 6.88. The Bertz CT molecular complexity index is 973. The van der Waals surface area contributed by atoms with E-state index >= 15 is 0 Å². The molecule has 2 aromatic rings. The third-order valence-corrected chi connectivity index (χ3v) is 6.21. The molecule has 2 aliphatic heterocycles. The largest absolute Gasteiger partial charge is 0.457 e. The number of thioether (sulfide) groups is 1. The highest BCUT2D eigenvalue weighted by Crippen LogP contribution is 2.32. The quantitative estimate of drug-likeness (QED) is 0.638. The molecule has 1 aromatic carbocycles. The molecule has 0 N–H and O–H groups in total. The Kier molecular flexibility index (Phi) is 5.41. The number of piperazine rings is 1. The van der Waals surface area contributed by atoms with E-state index in [1.807, 2.05) is 41.3 Å². The van der Waals surface area contributed by atoms with Gasteiger partial charge in [0.05, 0.1) is 4.91 Å². The van der Waals surface area contributed by atoms with E-state index in [2.05, 4.69) is 25.8 Å². The minimum absolute atomic E-state index is 0.0803. The zero-order valence-corrected chi connectivity index (χ0v) is 17.6. The van der Waals surface area contributed by atoms with Crippen molar-refractivity contribution in [2.45, 2.75) is 6.92 Å². The minimum atomic E-state index is -0.254. The van der Waals surface area contributed by atoms with Gasteiger partial charge in [0.1, 0.15) is 11.5 Å². The molecule has 4 rings (SSSR count). The van der Waals surface area contributed by atoms with Gasteiger partial charge in [0, 0.05) is 49.2 Å². The van der Waals surface area contributed by atoms with Gasteiger partial charge in [-0.1, -0.05) is 28.1 Å². The Balaban J connectivity index is 1.44. The van der Waals surface area contributed by atoms with Gasteiger partial charge >= 0.3 is 0 Å². The molecular weight excluding hydrogens is 442 g/mol. The number of carbonyl (C=O) groups is 2. The molecule has 0 saturated carbocycles. The smallest absolute Gasteiger partial charge is 0.286 e. The van der Waals surface area contributed by atoms with Gasteiger partial charge in [-0.05, 0) is 36.0 Å². The van der Waals surface area contributed by atoms with Crippen molar-refractivity contribution in [1.82, 2.24) is 9.80 Å². The van der Waals surface area contributed by atoms with Crippen molar-refractivity contribution in [3.63, 3.8) is 0 Å². The maximum atomic E-state index is 12.3. The summed E-state index contributed by atoms with van der Waals surface area (Å²) in [7, 11) is 0. The van der Waals surface area contributed by atoms with E-state index < -0.39 is 0 Å². The van der Waals surface area contributed by atoms with E-state index in [9.17, 15) is 9.59 Å². The van der Waals surface area contributed by atoms with Crippen LogP contribution in [0.4, 0.5) is 0 Å². The lowest BCUT2D eigenvalue weighted by molar-refractivity contribution is -0.130. The molecule has 2 aliphatic rings. The summed E-state index contributed by atoms with van der Waals surface area (Å²) >= 11 is 4.78. The lowest BCUT2D eigenvalue weighted by atomic mass is 10.2. The SMILES string of the molecule is CC(=O)N1CCN(C2=NC(=O)C(=Cc3ccc(-c4ccc(Br)cc4)o3)S2)CC1. The molecule has 0 radical (unpaired) electrons. The summed E-state index contributed by atoms with van der Waals surface area (Å²) in [6, 6.07) is 11.6. The first kappa shape index (κ1) is 19.0. The van der Waals surface area contributed by atoms with Crippen LogP contribution in [0.3, 0.4) is 0 Å². The van der Waals surface area contributed by atoms with Crippen LogP contribution in [-0.4, -0.2) is 53.0 Å². The first-order valence-electron chi connectivity index (χ1n) is 8.88. The zero-order chi connectivity index (χ0) is 19.7. The van der Waals surface area contributed by atoms with E-state index in [1.54, 1.807) is 13.0 Å². The molecule has 0 atom stereocenters. The molecular formula is C20H18BrN3O3S. The normalized spacial score (nSPS) is 18.7. The summed E-state index contributed by atoms with van der Waals surface area (Å²) in [4.78, 5) is 32.3. The highest BCUT2D eigenvalue weighted by molar-refractivity contribution is 9.10. The van der Waals surface area contributed by atoms with E-state index in [0.717, 1.165) is 15.8 Å². The predicted octanol–water partition coefficient (Wildman–Crippen LogP) is 3.84. The topological polar surface area (TPSA) is 66.1 Å². The second-order valence-electron chi connectivity index (χ2n) is 6.51. The first-order chi connectivity index (χ1) is 13.5. The molecule has 1 fully saturated rings. The Morgan fingerprint density at radius 1 is 1.14 bits per heavy atom. The van der Waals surface area contributed by atoms with E-state index in [4.69, 9.17) is 4.42 Å². The van der Waals surface area contributed by atoms with Crippen LogP contribution in [0.5, 0.6) is 0 Å². The fourth-order valence-corrected chi connectivity index (χ4v) is 4.28. The van der Waals surface area contributed by atoms with Crippen LogP contribution in [0, 0.1) is 0 Å². The number of furan rings is 1. The average molecular weight is 460 g/mol. The summed E-state index contributed by atoms with van der Waals surface area (Å²) in [5.74, 6) is 1.19. The number of hydrogen-bond acceptors (Lipinski definition) is 5. The fourth-order valence-electron chi connectivity index (χ4n) is 3.07. The van der Waals surface area contributed by atoms with Gasteiger partial charge in [-0.15, -0.1) is 0 Å². The maximum Gasteiger partial charge on any atom is 0.286 e. The van der Waals surface area contributed by atoms with Gasteiger partial charge in [-0.2, -0.15) is 4.99 Å². The molecule has 2 amide bonds. The van der Waals surface area contributed by atoms with Crippen molar-refractivity contribution in [1.29, 1.82) is 0 Å². The lowest BCUT2D eigenvalue weighted by Gasteiger charge is -2.34. The van der Waals surface area contributed by atoms with Crippen molar-refractivity contribution >= 4 is 50.7 Å². The molecule has 1 saturated heterocycles. The molecule has 0 unspecified atom stereocenters. The molecule has 144 valence electrons. The number of carbonyl (C=O) groups excluding carboxylic acids is 2. The summed E-state index contributed by atoms with van der Waals surface area (Å²) in [5.41, 5.74) is 0.971. The molecule has 6 nitrogen and oxygen atoms in total. The Morgan fingerprint density at radius 3 is 2.54 bits per heavy atom. The molecule has 8 heteroatoms. The molecule has 0 aliphatic carbocycles. The third-order valence-electron chi connectivity index (χ3n) is 4.63. The third kappa shape index (κ3) is 4.07. The number of amidine groups is 1. The van der Waals surface area contributed by atoms with Crippen molar-refractivity contribution in [2.24, 2.45) is 4.99 Å². The summed E-state index contributed by atoms with van der Waals surface area (Å²) in [5, 5.41) is 0.694. The molecule has 0 bridgehead atoms. The van der Waals surface area contributed by atoms with Crippen LogP contribution in [0.1, 0.15) is 12.7 Å². The summed E-state index contributed by atoms with van der Waals surface area (Å²) in [6.45, 7) is 4.24. The van der Waals surface area contributed by atoms with Crippen LogP contribution >= 0.6 is 27.7 Å². The Hall–Kier alpha value is -2.32. The number of amides is 2. The highest BCUT2D eigenvalue weighted by Gasteiger charge is 2.29. The van der Waals surface area contributed by atoms with Crippen molar-refractivity contribution < 1.29 is 14.0 Å². The molecule has 28 heavy (non-hydrogen) atoms. The van der Waals surface area contributed by atoms with Crippen molar-refractivity contribution in [3.05, 3.63) is 51.5 Å². The molecule has 1 aromatic heterocycles. The Morgan fingerprint density at radius 2 is 1.86 bits per heavy atom. The van der Waals surface area contributed by atoms with Crippen LogP contribution in [0.15, 0.2) is 55.2 Å². The van der Waals surface area contributed by atoms with Crippen LogP contribution in [0.2, 0.25) is 0 Å². The number of nitrogens with zero attached hydrogens (tertiary/aromatic N) is 3. The number of halogens is 1. The molecule has 3 heterocycles. The standard InChI is InChI=1S/C20H18BrN3O3S/c1-13(25)23-8-10-24(11-9-23)20-22-19(26)18(28-20)12-16-6-7-17(27-16)14-2-4-15(21)5-3-14/h2-7,12H,8-11H2,1H3. The maximum absolute atomic E-state index is 12.3. The first-order valence-corrected chi connectivity index (χ1v) is 10.5. The van der Waals surface area contributed by atoms with Gasteiger partial charge < -0.3 is 14.2 Å². The summed E-state index contributed by atoms with van der Waals surface area (Å²) in [6.07, 6.45) is 1.73. The van der Waals surface area contributed by atoms with Gasteiger partial charge in [-0.3, -0.25) is 9.59 Å². The Labute approximate surface area is 175 Å². The zero-order valence-electron chi connectivity index (χ0n) is 15.2. The average Bonchev–Trinajstić information content (AvgIpc) is 3.30. The number of hydrogen-bond donors (Lipinski definition) is 0. The monoisotopic (exact) mass is 459 g/mol. The second kappa shape index (κ2) is 7.97. The number of aliphatic imine (C=N–C) groups is 1.